The number of fused-ring (bicyclic) bond motifs is 1. The monoisotopic (exact) mass is 433 g/mol. The molecule has 2 aromatic rings. The summed E-state index contributed by atoms with van der Waals surface area (Å²) in [6, 6.07) is 15.0. The molecule has 156 valence electrons. The highest BCUT2D eigenvalue weighted by atomic mass is 32.2. The number of nitrogens with one attached hydrogen (secondary N) is 2. The van der Waals surface area contributed by atoms with Gasteiger partial charge in [0, 0.05) is 41.9 Å². The van der Waals surface area contributed by atoms with Gasteiger partial charge < -0.3 is 10.2 Å². The van der Waals surface area contributed by atoms with Crippen LogP contribution in [0.3, 0.4) is 0 Å². The van der Waals surface area contributed by atoms with Gasteiger partial charge in [-0.3, -0.25) is 4.79 Å². The predicted octanol–water partition coefficient (Wildman–Crippen LogP) is 3.56. The van der Waals surface area contributed by atoms with Gasteiger partial charge in [-0.15, -0.1) is 11.8 Å². The van der Waals surface area contributed by atoms with Crippen molar-refractivity contribution in [2.24, 2.45) is 5.92 Å². The smallest absolute Gasteiger partial charge is 0.240 e. The molecule has 0 fully saturated rings. The lowest BCUT2D eigenvalue weighted by molar-refractivity contribution is -0.118. The van der Waals surface area contributed by atoms with Gasteiger partial charge in [0.1, 0.15) is 0 Å². The Hall–Kier alpha value is -2.03. The molecule has 0 saturated heterocycles. The molecule has 1 aliphatic rings. The van der Waals surface area contributed by atoms with Crippen LogP contribution in [-0.4, -0.2) is 39.7 Å². The number of sulfonamides is 1. The van der Waals surface area contributed by atoms with Crippen LogP contribution in [0.1, 0.15) is 20.3 Å². The van der Waals surface area contributed by atoms with Gasteiger partial charge in [-0.2, -0.15) is 0 Å². The van der Waals surface area contributed by atoms with Crippen molar-refractivity contribution < 1.29 is 13.2 Å². The zero-order valence-corrected chi connectivity index (χ0v) is 18.4. The number of carbonyl (C=O) groups excluding carboxylic acids is 1. The van der Waals surface area contributed by atoms with Gasteiger partial charge in [0.05, 0.1) is 10.6 Å². The molecule has 0 spiro atoms. The molecule has 6 nitrogen and oxygen atoms in total. The number of hydrogen-bond donors (Lipinski definition) is 2. The first-order chi connectivity index (χ1) is 13.9. The molecule has 0 unspecified atom stereocenters. The van der Waals surface area contributed by atoms with Crippen molar-refractivity contribution in [2.75, 3.05) is 35.6 Å². The second-order valence-corrected chi connectivity index (χ2v) is 9.85. The second kappa shape index (κ2) is 9.65. The third kappa shape index (κ3) is 5.52. The van der Waals surface area contributed by atoms with Gasteiger partial charge in [0.2, 0.25) is 15.9 Å². The summed E-state index contributed by atoms with van der Waals surface area (Å²) in [6.07, 6.45) is 0.691. The fourth-order valence-electron chi connectivity index (χ4n) is 3.11. The Kier molecular flexibility index (Phi) is 7.21. The van der Waals surface area contributed by atoms with E-state index in [1.54, 1.807) is 30.0 Å². The fraction of sp³-hybridized carbons (Fsp3) is 0.381. The number of para-hydroxylation sites is 1. The Morgan fingerprint density at radius 2 is 1.97 bits per heavy atom. The van der Waals surface area contributed by atoms with E-state index in [1.165, 1.54) is 0 Å². The van der Waals surface area contributed by atoms with Crippen molar-refractivity contribution >= 4 is 39.1 Å². The number of nitrogens with zero attached hydrogens (tertiary/aromatic N) is 1. The lowest BCUT2D eigenvalue weighted by Crippen LogP contribution is -2.30. The van der Waals surface area contributed by atoms with Crippen LogP contribution in [0.2, 0.25) is 0 Å². The van der Waals surface area contributed by atoms with Crippen molar-refractivity contribution in [3.63, 3.8) is 0 Å². The first-order valence-corrected chi connectivity index (χ1v) is 12.2. The van der Waals surface area contributed by atoms with Crippen LogP contribution in [0.4, 0.5) is 11.4 Å². The molecule has 0 radical (unpaired) electrons. The Morgan fingerprint density at radius 3 is 2.69 bits per heavy atom. The number of rotatable bonds is 8. The summed E-state index contributed by atoms with van der Waals surface area (Å²) in [5, 5.41) is 2.83. The third-order valence-electron chi connectivity index (χ3n) is 4.86. The zero-order chi connectivity index (χ0) is 20.9. The van der Waals surface area contributed by atoms with Crippen LogP contribution in [0, 0.1) is 5.92 Å². The van der Waals surface area contributed by atoms with Crippen molar-refractivity contribution in [3.05, 3.63) is 48.5 Å². The van der Waals surface area contributed by atoms with Crippen LogP contribution in [0.25, 0.3) is 0 Å². The van der Waals surface area contributed by atoms with Crippen LogP contribution >= 0.6 is 11.8 Å². The Morgan fingerprint density at radius 1 is 1.21 bits per heavy atom. The number of hydrogen-bond acceptors (Lipinski definition) is 5. The largest absolute Gasteiger partial charge is 0.372 e. The van der Waals surface area contributed by atoms with Crippen molar-refractivity contribution in [1.29, 1.82) is 0 Å². The fourth-order valence-corrected chi connectivity index (χ4v) is 5.23. The van der Waals surface area contributed by atoms with E-state index in [2.05, 4.69) is 34.0 Å². The first kappa shape index (κ1) is 21.7. The summed E-state index contributed by atoms with van der Waals surface area (Å²) in [7, 11) is -3.64. The molecule has 3 rings (SSSR count). The standard InChI is InChI=1S/C21H27N3O3S2/c1-3-24(17-8-5-4-6-9-17)13-7-12-22-29(26,27)18-10-11-20-19(14-18)23-21(25)16(2)15-28-20/h4-6,8-11,14,16,22H,3,7,12-13,15H2,1-2H3,(H,23,25)/t16-/m0/s1. The van der Waals surface area contributed by atoms with Crippen LogP contribution in [-0.2, 0) is 14.8 Å². The highest BCUT2D eigenvalue weighted by Crippen LogP contribution is 2.34. The molecule has 1 atom stereocenters. The van der Waals surface area contributed by atoms with E-state index in [9.17, 15) is 13.2 Å². The topological polar surface area (TPSA) is 78.5 Å². The van der Waals surface area contributed by atoms with E-state index >= 15 is 0 Å². The Bertz CT molecular complexity index is 949. The molecule has 8 heteroatoms. The molecule has 2 aromatic carbocycles. The van der Waals surface area contributed by atoms with E-state index in [1.807, 2.05) is 25.1 Å². The molecule has 29 heavy (non-hydrogen) atoms. The summed E-state index contributed by atoms with van der Waals surface area (Å²) in [6.45, 7) is 5.92. The quantitative estimate of drug-likeness (QED) is 0.623. The maximum atomic E-state index is 12.7. The van der Waals surface area contributed by atoms with Gasteiger partial charge in [-0.05, 0) is 43.7 Å². The Labute approximate surface area is 177 Å². The number of carbonyl (C=O) groups is 1. The van der Waals surface area contributed by atoms with Crippen molar-refractivity contribution in [3.8, 4) is 0 Å². The normalized spacial score (nSPS) is 16.6. The predicted molar refractivity (Wildman–Crippen MR) is 119 cm³/mol. The second-order valence-electron chi connectivity index (χ2n) is 7.03. The summed E-state index contributed by atoms with van der Waals surface area (Å²) >= 11 is 1.56. The van der Waals surface area contributed by atoms with Crippen LogP contribution < -0.4 is 14.9 Å². The highest BCUT2D eigenvalue weighted by Gasteiger charge is 2.22. The molecule has 0 aliphatic carbocycles. The molecular formula is C21H27N3O3S2. The maximum Gasteiger partial charge on any atom is 0.240 e. The zero-order valence-electron chi connectivity index (χ0n) is 16.7. The minimum absolute atomic E-state index is 0.0840. The van der Waals surface area contributed by atoms with Crippen LogP contribution in [0.5, 0.6) is 0 Å². The van der Waals surface area contributed by atoms with E-state index in [4.69, 9.17) is 0 Å². The molecule has 0 saturated carbocycles. The molecular weight excluding hydrogens is 406 g/mol. The minimum Gasteiger partial charge on any atom is -0.372 e. The van der Waals surface area contributed by atoms with E-state index in [-0.39, 0.29) is 16.7 Å². The van der Waals surface area contributed by atoms with E-state index < -0.39 is 10.0 Å². The van der Waals surface area contributed by atoms with E-state index in [0.29, 0.717) is 24.4 Å². The summed E-state index contributed by atoms with van der Waals surface area (Å²) < 4.78 is 28.1. The average molecular weight is 434 g/mol. The van der Waals surface area contributed by atoms with Gasteiger partial charge in [0.15, 0.2) is 0 Å². The summed E-state index contributed by atoms with van der Waals surface area (Å²) in [4.78, 5) is 15.3. The average Bonchev–Trinajstić information content (AvgIpc) is 2.86. The van der Waals surface area contributed by atoms with Crippen molar-refractivity contribution in [2.45, 2.75) is 30.1 Å². The molecule has 1 aliphatic heterocycles. The number of anilines is 2. The van der Waals surface area contributed by atoms with Crippen LogP contribution in [0.15, 0.2) is 58.3 Å². The number of amides is 1. The Balaban J connectivity index is 1.60. The lowest BCUT2D eigenvalue weighted by atomic mass is 10.2. The molecule has 2 N–H and O–H groups in total. The first-order valence-electron chi connectivity index (χ1n) is 9.78. The molecule has 0 bridgehead atoms. The SMILES string of the molecule is CCN(CCCNS(=O)(=O)c1ccc2c(c1)NC(=O)[C@@H](C)CS2)c1ccccc1. The molecule has 1 amide bonds. The summed E-state index contributed by atoms with van der Waals surface area (Å²) in [5.41, 5.74) is 1.69. The van der Waals surface area contributed by atoms with Crippen molar-refractivity contribution in [1.82, 2.24) is 4.72 Å². The minimum atomic E-state index is -3.64. The van der Waals surface area contributed by atoms with E-state index in [0.717, 1.165) is 23.7 Å². The number of benzene rings is 2. The van der Waals surface area contributed by atoms with Gasteiger partial charge >= 0.3 is 0 Å². The van der Waals surface area contributed by atoms with Gasteiger partial charge in [0.25, 0.3) is 0 Å². The lowest BCUT2D eigenvalue weighted by Gasteiger charge is -2.23. The van der Waals surface area contributed by atoms with Gasteiger partial charge in [-0.1, -0.05) is 25.1 Å². The number of thioether (sulfide) groups is 1. The maximum absolute atomic E-state index is 12.7. The van der Waals surface area contributed by atoms with Gasteiger partial charge in [-0.25, -0.2) is 13.1 Å². The molecule has 0 aromatic heterocycles. The highest BCUT2D eigenvalue weighted by molar-refractivity contribution is 7.99. The summed E-state index contributed by atoms with van der Waals surface area (Å²) in [5.74, 6) is 0.481. The third-order valence-corrected chi connectivity index (χ3v) is 7.65. The molecule has 1 heterocycles.